The molecule has 0 unspecified atom stereocenters. The third-order valence-corrected chi connectivity index (χ3v) is 2.69. The van der Waals surface area contributed by atoms with Crippen LogP contribution in [0.4, 0.5) is 0 Å². The van der Waals surface area contributed by atoms with Gasteiger partial charge in [-0.05, 0) is 18.4 Å². The number of hydrogen-bond donors (Lipinski definition) is 1. The lowest BCUT2D eigenvalue weighted by molar-refractivity contribution is -0.185. The third-order valence-electron chi connectivity index (χ3n) is 2.69. The fourth-order valence-corrected chi connectivity index (χ4v) is 1.72. The molecule has 0 aliphatic carbocycles. The normalized spacial score (nSPS) is 27.4. The molecule has 1 fully saturated rings. The lowest BCUT2D eigenvalue weighted by Gasteiger charge is -2.24. The second-order valence-electron chi connectivity index (χ2n) is 3.56. The Morgan fingerprint density at radius 2 is 2.12 bits per heavy atom. The van der Waals surface area contributed by atoms with Crippen LogP contribution in [0, 0.1) is 0 Å². The zero-order valence-electron chi connectivity index (χ0n) is 9.29. The minimum Gasteiger partial charge on any atom is -0.479 e. The monoisotopic (exact) mass is 229 g/mol. The number of rotatable bonds is 5. The molecule has 0 amide bonds. The molecule has 1 heterocycles. The largest absolute Gasteiger partial charge is 0.479 e. The standard InChI is InChI=1S/C9H15N3O4/c1-3-9(4-2)15-6(5-11-12-10)7(16-9)8(13)14/h6-7H,3-5H2,1-2H3,(H,13,14)/t6-,7-/m0/s1. The van der Waals surface area contributed by atoms with Crippen molar-refractivity contribution in [2.75, 3.05) is 6.54 Å². The van der Waals surface area contributed by atoms with Crippen LogP contribution in [0.2, 0.25) is 0 Å². The van der Waals surface area contributed by atoms with Crippen molar-refractivity contribution in [2.45, 2.75) is 44.7 Å². The molecule has 0 saturated carbocycles. The van der Waals surface area contributed by atoms with Crippen molar-refractivity contribution >= 4 is 5.97 Å². The SMILES string of the molecule is CCC1(CC)O[C@@H](CN=[N+]=[N-])[C@@H](C(=O)O)O1. The van der Waals surface area contributed by atoms with Gasteiger partial charge in [0, 0.05) is 4.91 Å². The summed E-state index contributed by atoms with van der Waals surface area (Å²) in [5, 5.41) is 12.3. The fourth-order valence-electron chi connectivity index (χ4n) is 1.72. The summed E-state index contributed by atoms with van der Waals surface area (Å²) in [6, 6.07) is 0. The molecular weight excluding hydrogens is 214 g/mol. The predicted molar refractivity (Wildman–Crippen MR) is 54.7 cm³/mol. The Morgan fingerprint density at radius 3 is 2.56 bits per heavy atom. The van der Waals surface area contributed by atoms with Crippen molar-refractivity contribution in [3.05, 3.63) is 10.4 Å². The van der Waals surface area contributed by atoms with Gasteiger partial charge >= 0.3 is 5.97 Å². The van der Waals surface area contributed by atoms with Crippen molar-refractivity contribution in [1.29, 1.82) is 0 Å². The highest BCUT2D eigenvalue weighted by molar-refractivity contribution is 5.73. The maximum Gasteiger partial charge on any atom is 0.335 e. The number of nitrogens with zero attached hydrogens (tertiary/aromatic N) is 3. The van der Waals surface area contributed by atoms with Crippen molar-refractivity contribution < 1.29 is 19.4 Å². The molecule has 0 spiro atoms. The highest BCUT2D eigenvalue weighted by Crippen LogP contribution is 2.34. The maximum atomic E-state index is 11.0. The van der Waals surface area contributed by atoms with Gasteiger partial charge in [0.15, 0.2) is 11.9 Å². The lowest BCUT2D eigenvalue weighted by Crippen LogP contribution is -2.33. The summed E-state index contributed by atoms with van der Waals surface area (Å²) in [6.07, 6.45) is -0.668. The van der Waals surface area contributed by atoms with Crippen molar-refractivity contribution in [3.63, 3.8) is 0 Å². The first kappa shape index (κ1) is 12.8. The zero-order chi connectivity index (χ0) is 12.2. The number of carboxylic acids is 1. The van der Waals surface area contributed by atoms with Crippen LogP contribution >= 0.6 is 0 Å². The van der Waals surface area contributed by atoms with E-state index in [0.717, 1.165) is 0 Å². The Kier molecular flexibility index (Phi) is 4.12. The molecule has 1 rings (SSSR count). The van der Waals surface area contributed by atoms with Crippen LogP contribution in [0.5, 0.6) is 0 Å². The van der Waals surface area contributed by atoms with E-state index < -0.39 is 24.0 Å². The van der Waals surface area contributed by atoms with Crippen molar-refractivity contribution in [2.24, 2.45) is 5.11 Å². The molecule has 1 saturated heterocycles. The molecule has 7 heteroatoms. The smallest absolute Gasteiger partial charge is 0.335 e. The van der Waals surface area contributed by atoms with Crippen LogP contribution in [0.15, 0.2) is 5.11 Å². The first-order chi connectivity index (χ1) is 7.58. The summed E-state index contributed by atoms with van der Waals surface area (Å²) in [5.41, 5.74) is 8.21. The molecule has 0 radical (unpaired) electrons. The van der Waals surface area contributed by atoms with E-state index >= 15 is 0 Å². The molecule has 1 aliphatic rings. The maximum absolute atomic E-state index is 11.0. The second-order valence-corrected chi connectivity index (χ2v) is 3.56. The molecule has 1 aliphatic heterocycles. The summed E-state index contributed by atoms with van der Waals surface area (Å²) < 4.78 is 11.0. The molecule has 0 bridgehead atoms. The summed E-state index contributed by atoms with van der Waals surface area (Å²) >= 11 is 0. The highest BCUT2D eigenvalue weighted by atomic mass is 16.8. The number of carbonyl (C=O) groups is 1. The van der Waals surface area contributed by atoms with E-state index in [2.05, 4.69) is 10.0 Å². The topological polar surface area (TPSA) is 105 Å². The zero-order valence-corrected chi connectivity index (χ0v) is 9.29. The second kappa shape index (κ2) is 5.16. The van der Waals surface area contributed by atoms with E-state index in [-0.39, 0.29) is 6.54 Å². The Hall–Kier alpha value is -1.30. The predicted octanol–water partition coefficient (Wildman–Crippen LogP) is 1.68. The summed E-state index contributed by atoms with van der Waals surface area (Å²) in [6.45, 7) is 3.69. The number of aliphatic carboxylic acids is 1. The first-order valence-electron chi connectivity index (χ1n) is 5.18. The summed E-state index contributed by atoms with van der Waals surface area (Å²) in [4.78, 5) is 13.5. The number of azide groups is 1. The van der Waals surface area contributed by atoms with Gasteiger partial charge in [0.2, 0.25) is 0 Å². The summed E-state index contributed by atoms with van der Waals surface area (Å²) in [5.74, 6) is -1.96. The van der Waals surface area contributed by atoms with Gasteiger partial charge in [0.1, 0.15) is 6.10 Å². The molecule has 16 heavy (non-hydrogen) atoms. The molecule has 1 N–H and O–H groups in total. The van der Waals surface area contributed by atoms with E-state index in [0.29, 0.717) is 12.8 Å². The van der Waals surface area contributed by atoms with E-state index in [9.17, 15) is 4.79 Å². The van der Waals surface area contributed by atoms with E-state index in [1.54, 1.807) is 0 Å². The summed E-state index contributed by atoms with van der Waals surface area (Å²) in [7, 11) is 0. The first-order valence-corrected chi connectivity index (χ1v) is 5.18. The minimum atomic E-state index is -1.10. The van der Waals surface area contributed by atoms with Crippen LogP contribution in [0.1, 0.15) is 26.7 Å². The van der Waals surface area contributed by atoms with Crippen molar-refractivity contribution in [3.8, 4) is 0 Å². The fraction of sp³-hybridized carbons (Fsp3) is 0.889. The molecule has 0 aromatic heterocycles. The average molecular weight is 229 g/mol. The van der Waals surface area contributed by atoms with E-state index in [1.165, 1.54) is 0 Å². The quantitative estimate of drug-likeness (QED) is 0.439. The average Bonchev–Trinajstić information content (AvgIpc) is 2.66. The number of carboxylic acid groups (broad SMARTS) is 1. The van der Waals surface area contributed by atoms with Gasteiger partial charge in [-0.3, -0.25) is 0 Å². The van der Waals surface area contributed by atoms with Crippen LogP contribution in [-0.4, -0.2) is 35.6 Å². The van der Waals surface area contributed by atoms with Gasteiger partial charge in [0.25, 0.3) is 0 Å². The van der Waals surface area contributed by atoms with Crippen LogP contribution < -0.4 is 0 Å². The lowest BCUT2D eigenvalue weighted by atomic mass is 10.1. The van der Waals surface area contributed by atoms with Gasteiger partial charge < -0.3 is 14.6 Å². The molecule has 0 aromatic carbocycles. The van der Waals surface area contributed by atoms with E-state index in [1.807, 2.05) is 13.8 Å². The Balaban J connectivity index is 2.82. The van der Waals surface area contributed by atoms with Gasteiger partial charge in [-0.15, -0.1) is 0 Å². The number of hydrogen-bond acceptors (Lipinski definition) is 4. The minimum absolute atomic E-state index is 0.0325. The molecule has 0 aromatic rings. The van der Waals surface area contributed by atoms with Gasteiger partial charge in [-0.1, -0.05) is 19.0 Å². The van der Waals surface area contributed by atoms with Gasteiger partial charge in [-0.25, -0.2) is 4.79 Å². The number of ether oxygens (including phenoxy) is 2. The highest BCUT2D eigenvalue weighted by Gasteiger charge is 2.48. The van der Waals surface area contributed by atoms with Crippen molar-refractivity contribution in [1.82, 2.24) is 0 Å². The molecule has 90 valence electrons. The van der Waals surface area contributed by atoms with Crippen LogP contribution in [0.3, 0.4) is 0 Å². The Morgan fingerprint density at radius 1 is 1.50 bits per heavy atom. The Labute approximate surface area is 93.0 Å². The molecule has 2 atom stereocenters. The van der Waals surface area contributed by atoms with Gasteiger partial charge in [0.05, 0.1) is 6.54 Å². The molecule has 7 nitrogen and oxygen atoms in total. The van der Waals surface area contributed by atoms with Gasteiger partial charge in [-0.2, -0.15) is 0 Å². The van der Waals surface area contributed by atoms with Crippen LogP contribution in [-0.2, 0) is 14.3 Å². The third kappa shape index (κ3) is 2.44. The van der Waals surface area contributed by atoms with E-state index in [4.69, 9.17) is 20.1 Å². The molecular formula is C9H15N3O4. The Bertz CT molecular complexity index is 310. The van der Waals surface area contributed by atoms with Crippen LogP contribution in [0.25, 0.3) is 10.4 Å².